The van der Waals surface area contributed by atoms with Crippen molar-refractivity contribution in [1.29, 1.82) is 0 Å². The molecule has 0 radical (unpaired) electrons. The molecule has 1 aliphatic carbocycles. The van der Waals surface area contributed by atoms with Gasteiger partial charge in [0.2, 0.25) is 0 Å². The topological polar surface area (TPSA) is 30.0 Å². The van der Waals surface area contributed by atoms with Crippen LogP contribution in [-0.4, -0.2) is 10.8 Å². The lowest BCUT2D eigenvalue weighted by molar-refractivity contribution is 0.0991. The van der Waals surface area contributed by atoms with Gasteiger partial charge in [0.05, 0.1) is 5.52 Å². The van der Waals surface area contributed by atoms with E-state index in [9.17, 15) is 4.79 Å². The Kier molecular flexibility index (Phi) is 2.89. The number of halogens is 1. The van der Waals surface area contributed by atoms with Crippen molar-refractivity contribution in [2.45, 2.75) is 12.3 Å². The molecule has 1 unspecified atom stereocenters. The number of rotatable bonds is 1. The summed E-state index contributed by atoms with van der Waals surface area (Å²) >= 11 is 3.52. The second-order valence-electron chi connectivity index (χ2n) is 5.34. The third kappa shape index (κ3) is 2.00. The zero-order valence-electron chi connectivity index (χ0n) is 11.2. The first-order chi connectivity index (χ1) is 10.2. The predicted octanol–water partition coefficient (Wildman–Crippen LogP) is 4.72. The van der Waals surface area contributed by atoms with E-state index in [1.807, 2.05) is 30.3 Å². The monoisotopic (exact) mass is 337 g/mol. The minimum Gasteiger partial charge on any atom is -0.294 e. The molecule has 0 N–H and O–H groups in total. The first kappa shape index (κ1) is 12.7. The van der Waals surface area contributed by atoms with Crippen molar-refractivity contribution in [2.24, 2.45) is 0 Å². The number of nitrogens with zero attached hydrogens (tertiary/aromatic N) is 1. The summed E-state index contributed by atoms with van der Waals surface area (Å²) in [5.74, 6) is 0.321. The standard InChI is InChI=1S/C18H12BrNO/c19-12-6-7-16-14(8-12)18-13(11-4-2-1-3-5-11)9-17(21)15(18)10-20-16/h1-8,10,13H,9H2. The second kappa shape index (κ2) is 4.78. The number of aromatic nitrogens is 1. The number of Topliss-reactive ketones (excluding diaryl/α,β-unsaturated/α-hetero) is 1. The minimum absolute atomic E-state index is 0.133. The molecule has 102 valence electrons. The third-order valence-corrected chi connectivity index (χ3v) is 4.61. The molecule has 3 aromatic rings. The average Bonchev–Trinajstić information content (AvgIpc) is 2.86. The highest BCUT2D eigenvalue weighted by molar-refractivity contribution is 9.10. The van der Waals surface area contributed by atoms with Gasteiger partial charge in [-0.3, -0.25) is 9.78 Å². The fraction of sp³-hybridized carbons (Fsp3) is 0.111. The zero-order chi connectivity index (χ0) is 14.4. The van der Waals surface area contributed by atoms with Crippen molar-refractivity contribution in [1.82, 2.24) is 4.98 Å². The van der Waals surface area contributed by atoms with Gasteiger partial charge in [-0.05, 0) is 29.3 Å². The van der Waals surface area contributed by atoms with Crippen molar-refractivity contribution in [3.8, 4) is 0 Å². The van der Waals surface area contributed by atoms with Gasteiger partial charge in [-0.25, -0.2) is 0 Å². The summed E-state index contributed by atoms with van der Waals surface area (Å²) in [4.78, 5) is 16.8. The van der Waals surface area contributed by atoms with Gasteiger partial charge in [-0.15, -0.1) is 0 Å². The van der Waals surface area contributed by atoms with Gasteiger partial charge in [0.1, 0.15) is 0 Å². The summed E-state index contributed by atoms with van der Waals surface area (Å²) in [5, 5.41) is 1.07. The van der Waals surface area contributed by atoms with Gasteiger partial charge in [-0.1, -0.05) is 46.3 Å². The van der Waals surface area contributed by atoms with Crippen molar-refractivity contribution >= 4 is 32.6 Å². The molecule has 4 rings (SSSR count). The first-order valence-corrected chi connectivity index (χ1v) is 7.69. The highest BCUT2D eigenvalue weighted by atomic mass is 79.9. The van der Waals surface area contributed by atoms with Crippen LogP contribution in [0.2, 0.25) is 0 Å². The van der Waals surface area contributed by atoms with Gasteiger partial charge >= 0.3 is 0 Å². The Morgan fingerprint density at radius 2 is 1.90 bits per heavy atom. The van der Waals surface area contributed by atoms with Crippen LogP contribution in [0.1, 0.15) is 33.8 Å². The van der Waals surface area contributed by atoms with Crippen LogP contribution in [0.25, 0.3) is 10.9 Å². The molecule has 2 nitrogen and oxygen atoms in total. The number of benzene rings is 2. The van der Waals surface area contributed by atoms with Crippen LogP contribution in [0.3, 0.4) is 0 Å². The smallest absolute Gasteiger partial charge is 0.165 e. The molecule has 0 fully saturated rings. The van der Waals surface area contributed by atoms with E-state index in [1.165, 1.54) is 5.56 Å². The molecule has 2 aromatic carbocycles. The normalized spacial score (nSPS) is 17.2. The Morgan fingerprint density at radius 3 is 2.71 bits per heavy atom. The van der Waals surface area contributed by atoms with E-state index in [0.717, 1.165) is 26.5 Å². The van der Waals surface area contributed by atoms with Crippen LogP contribution >= 0.6 is 15.9 Å². The van der Waals surface area contributed by atoms with Crippen LogP contribution in [-0.2, 0) is 0 Å². The van der Waals surface area contributed by atoms with Gasteiger partial charge in [-0.2, -0.15) is 0 Å². The summed E-state index contributed by atoms with van der Waals surface area (Å²) in [6.45, 7) is 0. The van der Waals surface area contributed by atoms with Crippen molar-refractivity contribution < 1.29 is 4.79 Å². The van der Waals surface area contributed by atoms with E-state index in [2.05, 4.69) is 39.1 Å². The zero-order valence-corrected chi connectivity index (χ0v) is 12.8. The Bertz CT molecular complexity index is 858. The molecule has 21 heavy (non-hydrogen) atoms. The van der Waals surface area contributed by atoms with Crippen LogP contribution in [0, 0.1) is 0 Å². The molecule has 1 atom stereocenters. The van der Waals surface area contributed by atoms with Crippen molar-refractivity contribution in [3.05, 3.63) is 75.9 Å². The third-order valence-electron chi connectivity index (χ3n) is 4.11. The Hall–Kier alpha value is -2.00. The number of hydrogen-bond acceptors (Lipinski definition) is 2. The van der Waals surface area contributed by atoms with Crippen LogP contribution < -0.4 is 0 Å². The molecular formula is C18H12BrNO. The maximum Gasteiger partial charge on any atom is 0.165 e. The average molecular weight is 338 g/mol. The van der Waals surface area contributed by atoms with Gasteiger partial charge in [0, 0.05) is 34.0 Å². The van der Waals surface area contributed by atoms with E-state index < -0.39 is 0 Å². The lowest BCUT2D eigenvalue weighted by Crippen LogP contribution is -1.98. The van der Waals surface area contributed by atoms with E-state index >= 15 is 0 Å². The molecular weight excluding hydrogens is 326 g/mol. The highest BCUT2D eigenvalue weighted by Gasteiger charge is 2.32. The Morgan fingerprint density at radius 1 is 1.10 bits per heavy atom. The number of pyridine rings is 1. The second-order valence-corrected chi connectivity index (χ2v) is 6.25. The van der Waals surface area contributed by atoms with Crippen molar-refractivity contribution in [3.63, 3.8) is 0 Å². The van der Waals surface area contributed by atoms with E-state index in [-0.39, 0.29) is 11.7 Å². The Balaban J connectivity index is 2.02. The summed E-state index contributed by atoms with van der Waals surface area (Å²) < 4.78 is 1.01. The SMILES string of the molecule is O=C1CC(c2ccccc2)c2c1cnc1ccc(Br)cc21. The molecule has 1 heterocycles. The largest absolute Gasteiger partial charge is 0.294 e. The van der Waals surface area contributed by atoms with Gasteiger partial charge in [0.15, 0.2) is 5.78 Å². The minimum atomic E-state index is 0.133. The van der Waals surface area contributed by atoms with E-state index in [1.54, 1.807) is 6.20 Å². The molecule has 0 saturated carbocycles. The van der Waals surface area contributed by atoms with E-state index in [4.69, 9.17) is 0 Å². The number of fused-ring (bicyclic) bond motifs is 3. The molecule has 0 spiro atoms. The quantitative estimate of drug-likeness (QED) is 0.643. The highest BCUT2D eigenvalue weighted by Crippen LogP contribution is 2.41. The van der Waals surface area contributed by atoms with Crippen LogP contribution in [0.15, 0.2) is 59.2 Å². The summed E-state index contributed by atoms with van der Waals surface area (Å²) in [6, 6.07) is 16.3. The molecule has 1 aromatic heterocycles. The number of carbonyl (C=O) groups is 1. The molecule has 3 heteroatoms. The number of hydrogen-bond donors (Lipinski definition) is 0. The van der Waals surface area contributed by atoms with Crippen molar-refractivity contribution in [2.75, 3.05) is 0 Å². The van der Waals surface area contributed by atoms with E-state index in [0.29, 0.717) is 6.42 Å². The van der Waals surface area contributed by atoms with Crippen LogP contribution in [0.4, 0.5) is 0 Å². The molecule has 0 saturated heterocycles. The number of ketones is 1. The maximum absolute atomic E-state index is 12.3. The summed E-state index contributed by atoms with van der Waals surface area (Å²) in [5.41, 5.74) is 4.02. The van der Waals surface area contributed by atoms with Crippen LogP contribution in [0.5, 0.6) is 0 Å². The Labute approximate surface area is 131 Å². The number of carbonyl (C=O) groups excluding carboxylic acids is 1. The fourth-order valence-electron chi connectivity index (χ4n) is 3.15. The molecule has 0 aliphatic heterocycles. The molecule has 0 bridgehead atoms. The lowest BCUT2D eigenvalue weighted by atomic mass is 9.91. The first-order valence-electron chi connectivity index (χ1n) is 6.90. The van der Waals surface area contributed by atoms with Gasteiger partial charge < -0.3 is 0 Å². The molecule has 0 amide bonds. The maximum atomic E-state index is 12.3. The fourth-order valence-corrected chi connectivity index (χ4v) is 3.51. The summed E-state index contributed by atoms with van der Waals surface area (Å²) in [7, 11) is 0. The lowest BCUT2D eigenvalue weighted by Gasteiger charge is -2.13. The molecule has 1 aliphatic rings. The summed E-state index contributed by atoms with van der Waals surface area (Å²) in [6.07, 6.45) is 2.27. The predicted molar refractivity (Wildman–Crippen MR) is 86.7 cm³/mol. The van der Waals surface area contributed by atoms with Gasteiger partial charge in [0.25, 0.3) is 0 Å².